The average molecular weight is 304 g/mol. The molecule has 0 bridgehead atoms. The molecule has 1 aromatic rings. The lowest BCUT2D eigenvalue weighted by Gasteiger charge is -2.31. The predicted octanol–water partition coefficient (Wildman–Crippen LogP) is 3.82. The summed E-state index contributed by atoms with van der Waals surface area (Å²) in [7, 11) is 0. The Morgan fingerprint density at radius 2 is 2.19 bits per heavy atom. The van der Waals surface area contributed by atoms with Crippen molar-refractivity contribution < 1.29 is 0 Å². The van der Waals surface area contributed by atoms with Gasteiger partial charge < -0.3 is 4.57 Å². The third kappa shape index (κ3) is 3.26. The minimum atomic E-state index is 0.177. The van der Waals surface area contributed by atoms with Crippen molar-refractivity contribution in [3.8, 4) is 6.07 Å². The Hall–Kier alpha value is -1.02. The maximum atomic E-state index is 9.43. The highest BCUT2D eigenvalue weighted by Crippen LogP contribution is 2.40. The second-order valence-electron chi connectivity index (χ2n) is 6.34. The maximum Gasteiger partial charge on any atom is 0.191 e. The summed E-state index contributed by atoms with van der Waals surface area (Å²) >= 11 is 1.81. The number of hydrogen-bond donors (Lipinski definition) is 0. The monoisotopic (exact) mass is 304 g/mol. The molecule has 0 saturated heterocycles. The fourth-order valence-electron chi connectivity index (χ4n) is 3.54. The number of rotatable bonds is 3. The second-order valence-corrected chi connectivity index (χ2v) is 7.55. The van der Waals surface area contributed by atoms with Crippen molar-refractivity contribution in [1.82, 2.24) is 14.8 Å². The number of nitrogens with zero attached hydrogens (tertiary/aromatic N) is 4. The predicted molar refractivity (Wildman–Crippen MR) is 84.0 cm³/mol. The van der Waals surface area contributed by atoms with Gasteiger partial charge in [-0.1, -0.05) is 31.5 Å². The van der Waals surface area contributed by atoms with Crippen LogP contribution in [0.25, 0.3) is 0 Å². The van der Waals surface area contributed by atoms with E-state index in [1.165, 1.54) is 32.1 Å². The van der Waals surface area contributed by atoms with Crippen LogP contribution in [0.2, 0.25) is 0 Å². The first kappa shape index (κ1) is 14.9. The Bertz CT molecular complexity index is 519. The van der Waals surface area contributed by atoms with Crippen LogP contribution in [0.3, 0.4) is 0 Å². The summed E-state index contributed by atoms with van der Waals surface area (Å²) in [5, 5.41) is 19.7. The van der Waals surface area contributed by atoms with E-state index in [0.717, 1.165) is 42.7 Å². The molecule has 2 heterocycles. The Labute approximate surface area is 131 Å². The summed E-state index contributed by atoms with van der Waals surface area (Å²) < 4.78 is 2.31. The van der Waals surface area contributed by atoms with Crippen LogP contribution >= 0.6 is 11.8 Å². The van der Waals surface area contributed by atoms with Crippen LogP contribution in [0.5, 0.6) is 0 Å². The van der Waals surface area contributed by atoms with Gasteiger partial charge in [0, 0.05) is 18.2 Å². The van der Waals surface area contributed by atoms with Crippen molar-refractivity contribution in [2.24, 2.45) is 11.8 Å². The minimum absolute atomic E-state index is 0.177. The minimum Gasteiger partial charge on any atom is -0.306 e. The zero-order valence-electron chi connectivity index (χ0n) is 12.8. The van der Waals surface area contributed by atoms with Gasteiger partial charge in [0.15, 0.2) is 5.16 Å². The van der Waals surface area contributed by atoms with Gasteiger partial charge in [-0.2, -0.15) is 5.26 Å². The fourth-order valence-corrected chi connectivity index (χ4v) is 4.95. The smallest absolute Gasteiger partial charge is 0.191 e. The molecule has 0 spiro atoms. The van der Waals surface area contributed by atoms with Crippen LogP contribution in [0.15, 0.2) is 5.16 Å². The molecule has 3 unspecified atom stereocenters. The zero-order valence-corrected chi connectivity index (χ0v) is 13.6. The number of thioether (sulfide) groups is 1. The van der Waals surface area contributed by atoms with Crippen molar-refractivity contribution >= 4 is 11.8 Å². The molecule has 21 heavy (non-hydrogen) atoms. The topological polar surface area (TPSA) is 54.5 Å². The summed E-state index contributed by atoms with van der Waals surface area (Å²) in [6, 6.07) is 2.53. The molecule has 0 aromatic carbocycles. The molecule has 0 radical (unpaired) electrons. The van der Waals surface area contributed by atoms with Crippen molar-refractivity contribution in [3.63, 3.8) is 0 Å². The Balaban J connectivity index is 1.75. The van der Waals surface area contributed by atoms with Crippen LogP contribution in [0.4, 0.5) is 0 Å². The lowest BCUT2D eigenvalue weighted by molar-refractivity contribution is 0.316. The lowest BCUT2D eigenvalue weighted by atomic mass is 9.81. The summed E-state index contributed by atoms with van der Waals surface area (Å²) in [5.41, 5.74) is 0. The largest absolute Gasteiger partial charge is 0.306 e. The van der Waals surface area contributed by atoms with Crippen LogP contribution in [-0.4, -0.2) is 20.0 Å². The molecule has 0 N–H and O–H groups in total. The molecule has 1 aliphatic heterocycles. The summed E-state index contributed by atoms with van der Waals surface area (Å²) in [5.74, 6) is 2.10. The molecule has 5 heteroatoms. The lowest BCUT2D eigenvalue weighted by Crippen LogP contribution is -2.26. The van der Waals surface area contributed by atoms with Gasteiger partial charge in [-0.3, -0.25) is 0 Å². The number of fused-ring (bicyclic) bond motifs is 1. The quantitative estimate of drug-likeness (QED) is 0.852. The summed E-state index contributed by atoms with van der Waals surface area (Å²) in [4.78, 5) is 0. The number of hydrogen-bond acceptors (Lipinski definition) is 4. The average Bonchev–Trinajstić information content (AvgIpc) is 2.74. The molecule has 1 aromatic heterocycles. The van der Waals surface area contributed by atoms with Crippen LogP contribution < -0.4 is 0 Å². The van der Waals surface area contributed by atoms with Gasteiger partial charge in [0.25, 0.3) is 0 Å². The first-order valence-corrected chi connectivity index (χ1v) is 9.18. The molecule has 1 fully saturated rings. The van der Waals surface area contributed by atoms with Gasteiger partial charge in [0.1, 0.15) is 5.82 Å². The van der Waals surface area contributed by atoms with Crippen molar-refractivity contribution in [2.75, 3.05) is 0 Å². The van der Waals surface area contributed by atoms with Crippen molar-refractivity contribution in [1.29, 1.82) is 5.26 Å². The van der Waals surface area contributed by atoms with Crippen LogP contribution in [0.1, 0.15) is 57.7 Å². The SMILES string of the molecule is CCC1CCC(C#N)C(Sc2nnc3n2CCCCC3)C1. The molecule has 4 nitrogen and oxygen atoms in total. The molecule has 1 aliphatic carbocycles. The highest BCUT2D eigenvalue weighted by Gasteiger charge is 2.32. The number of nitriles is 1. The van der Waals surface area contributed by atoms with Crippen molar-refractivity contribution in [2.45, 2.75) is 75.2 Å². The van der Waals surface area contributed by atoms with E-state index in [9.17, 15) is 5.26 Å². The van der Waals surface area contributed by atoms with Crippen molar-refractivity contribution in [3.05, 3.63) is 5.82 Å². The number of aromatic nitrogens is 3. The molecule has 114 valence electrons. The molecular formula is C16H24N4S. The molecule has 2 aliphatic rings. The first-order chi connectivity index (χ1) is 10.3. The number of aryl methyl sites for hydroxylation is 1. The van der Waals surface area contributed by atoms with E-state index in [1.54, 1.807) is 0 Å². The van der Waals surface area contributed by atoms with E-state index in [4.69, 9.17) is 0 Å². The fraction of sp³-hybridized carbons (Fsp3) is 0.812. The second kappa shape index (κ2) is 6.83. The summed E-state index contributed by atoms with van der Waals surface area (Å²) in [6.07, 6.45) is 9.44. The van der Waals surface area contributed by atoms with Gasteiger partial charge in [0.05, 0.1) is 12.0 Å². The molecule has 1 saturated carbocycles. The third-order valence-corrected chi connectivity index (χ3v) is 6.31. The van der Waals surface area contributed by atoms with E-state index in [0.29, 0.717) is 5.25 Å². The van der Waals surface area contributed by atoms with E-state index in [2.05, 4.69) is 27.8 Å². The first-order valence-electron chi connectivity index (χ1n) is 8.30. The van der Waals surface area contributed by atoms with E-state index in [-0.39, 0.29) is 5.92 Å². The third-order valence-electron chi connectivity index (χ3n) is 4.98. The highest BCUT2D eigenvalue weighted by molar-refractivity contribution is 7.99. The highest BCUT2D eigenvalue weighted by atomic mass is 32.2. The Morgan fingerprint density at radius 3 is 3.00 bits per heavy atom. The van der Waals surface area contributed by atoms with E-state index >= 15 is 0 Å². The van der Waals surface area contributed by atoms with Gasteiger partial charge in [0.2, 0.25) is 0 Å². The van der Waals surface area contributed by atoms with Crippen LogP contribution in [-0.2, 0) is 13.0 Å². The summed E-state index contributed by atoms with van der Waals surface area (Å²) in [6.45, 7) is 3.31. The van der Waals surface area contributed by atoms with Gasteiger partial charge in [-0.25, -0.2) is 0 Å². The standard InChI is InChI=1S/C16H24N4S/c1-2-12-7-8-13(11-17)14(10-12)21-16-19-18-15-6-4-3-5-9-20(15)16/h12-14H,2-10H2,1H3. The molecular weight excluding hydrogens is 280 g/mol. The van der Waals surface area contributed by atoms with E-state index < -0.39 is 0 Å². The van der Waals surface area contributed by atoms with Crippen LogP contribution in [0, 0.1) is 23.2 Å². The van der Waals surface area contributed by atoms with Gasteiger partial charge in [-0.15, -0.1) is 10.2 Å². The molecule has 0 amide bonds. The molecule has 3 rings (SSSR count). The van der Waals surface area contributed by atoms with Gasteiger partial charge >= 0.3 is 0 Å². The molecule has 3 atom stereocenters. The maximum absolute atomic E-state index is 9.43. The Morgan fingerprint density at radius 1 is 1.29 bits per heavy atom. The zero-order chi connectivity index (χ0) is 14.7. The Kier molecular flexibility index (Phi) is 4.84. The van der Waals surface area contributed by atoms with E-state index in [1.807, 2.05) is 11.8 Å². The normalized spacial score (nSPS) is 29.4. The van der Waals surface area contributed by atoms with Gasteiger partial charge in [-0.05, 0) is 38.0 Å².